The third-order valence-corrected chi connectivity index (χ3v) is 4.91. The largest absolute Gasteiger partial charge is 0.490 e. The van der Waals surface area contributed by atoms with Crippen LogP contribution in [0.2, 0.25) is 0 Å². The van der Waals surface area contributed by atoms with E-state index < -0.39 is 16.7 Å². The van der Waals surface area contributed by atoms with Crippen LogP contribution in [0.5, 0.6) is 11.5 Å². The van der Waals surface area contributed by atoms with E-state index in [1.165, 1.54) is 29.2 Å². The van der Waals surface area contributed by atoms with Gasteiger partial charge in [0, 0.05) is 18.7 Å². The summed E-state index contributed by atoms with van der Waals surface area (Å²) in [5.74, 6) is -0.291. The van der Waals surface area contributed by atoms with Crippen molar-refractivity contribution in [3.8, 4) is 11.5 Å². The molecule has 10 heteroatoms. The molecule has 170 valence electrons. The van der Waals surface area contributed by atoms with Crippen molar-refractivity contribution < 1.29 is 24.0 Å². The molecule has 0 spiro atoms. The van der Waals surface area contributed by atoms with E-state index in [2.05, 4.69) is 11.9 Å². The number of amides is 2. The van der Waals surface area contributed by atoms with E-state index in [1.54, 1.807) is 30.3 Å². The first-order valence-electron chi connectivity index (χ1n) is 9.96. The van der Waals surface area contributed by atoms with Crippen LogP contribution in [0.3, 0.4) is 0 Å². The molecule has 2 aromatic carbocycles. The highest BCUT2D eigenvalue weighted by molar-refractivity contribution is 7.80. The Morgan fingerprint density at radius 2 is 1.97 bits per heavy atom. The fraction of sp³-hybridized carbons (Fsp3) is 0.174. The number of nitro benzene ring substituents is 1. The van der Waals surface area contributed by atoms with Crippen LogP contribution < -0.4 is 14.8 Å². The van der Waals surface area contributed by atoms with Crippen LogP contribution in [-0.2, 0) is 16.2 Å². The van der Waals surface area contributed by atoms with Gasteiger partial charge in [0.25, 0.3) is 17.5 Å². The van der Waals surface area contributed by atoms with Gasteiger partial charge in [0.2, 0.25) is 0 Å². The number of nitrogens with zero attached hydrogens (tertiary/aromatic N) is 2. The maximum Gasteiger partial charge on any atom is 0.269 e. The topological polar surface area (TPSA) is 111 Å². The average Bonchev–Trinajstić information content (AvgIpc) is 2.79. The number of nitrogens with one attached hydrogen (secondary N) is 1. The van der Waals surface area contributed by atoms with Crippen molar-refractivity contribution in [3.63, 3.8) is 0 Å². The molecule has 1 saturated heterocycles. The van der Waals surface area contributed by atoms with Gasteiger partial charge in [0.15, 0.2) is 16.6 Å². The Kier molecular flexibility index (Phi) is 7.52. The van der Waals surface area contributed by atoms with E-state index in [4.69, 9.17) is 21.7 Å². The van der Waals surface area contributed by atoms with Gasteiger partial charge in [-0.15, -0.1) is 6.58 Å². The molecule has 9 nitrogen and oxygen atoms in total. The Hall–Kier alpha value is -4.05. The summed E-state index contributed by atoms with van der Waals surface area (Å²) in [7, 11) is 0. The van der Waals surface area contributed by atoms with E-state index in [0.29, 0.717) is 29.2 Å². The van der Waals surface area contributed by atoms with Crippen LogP contribution in [0.15, 0.2) is 60.7 Å². The highest BCUT2D eigenvalue weighted by Crippen LogP contribution is 2.31. The number of ether oxygens (including phenoxy) is 2. The van der Waals surface area contributed by atoms with Crippen LogP contribution in [0.25, 0.3) is 6.08 Å². The molecule has 0 bridgehead atoms. The molecule has 3 rings (SSSR count). The maximum atomic E-state index is 12.7. The average molecular weight is 468 g/mol. The number of non-ortho nitro benzene ring substituents is 1. The van der Waals surface area contributed by atoms with Crippen LogP contribution in [0.4, 0.5) is 5.69 Å². The maximum absolute atomic E-state index is 12.7. The second kappa shape index (κ2) is 10.5. The van der Waals surface area contributed by atoms with Crippen molar-refractivity contribution in [3.05, 3.63) is 81.9 Å². The lowest BCUT2D eigenvalue weighted by Gasteiger charge is -2.27. The summed E-state index contributed by atoms with van der Waals surface area (Å²) >= 11 is 5.05. The molecule has 2 amide bonds. The molecule has 1 aliphatic heterocycles. The van der Waals surface area contributed by atoms with Crippen molar-refractivity contribution in [2.75, 3.05) is 13.2 Å². The fourth-order valence-corrected chi connectivity index (χ4v) is 3.33. The first kappa shape index (κ1) is 23.6. The predicted octanol–water partition coefficient (Wildman–Crippen LogP) is 3.39. The third-order valence-electron chi connectivity index (χ3n) is 4.59. The quantitative estimate of drug-likeness (QED) is 0.150. The summed E-state index contributed by atoms with van der Waals surface area (Å²) in [6, 6.07) is 11.1. The second-order valence-corrected chi connectivity index (χ2v) is 7.26. The van der Waals surface area contributed by atoms with Gasteiger partial charge in [-0.25, -0.2) is 0 Å². The van der Waals surface area contributed by atoms with Crippen LogP contribution in [-0.4, -0.2) is 39.9 Å². The summed E-state index contributed by atoms with van der Waals surface area (Å²) in [4.78, 5) is 36.8. The van der Waals surface area contributed by atoms with E-state index in [0.717, 1.165) is 0 Å². The van der Waals surface area contributed by atoms with Gasteiger partial charge in [-0.2, -0.15) is 0 Å². The fourth-order valence-electron chi connectivity index (χ4n) is 3.08. The highest BCUT2D eigenvalue weighted by Gasteiger charge is 2.32. The van der Waals surface area contributed by atoms with Gasteiger partial charge < -0.3 is 9.47 Å². The lowest BCUT2D eigenvalue weighted by atomic mass is 10.1. The van der Waals surface area contributed by atoms with Crippen LogP contribution >= 0.6 is 12.2 Å². The minimum atomic E-state index is -0.589. The van der Waals surface area contributed by atoms with Crippen molar-refractivity contribution in [2.45, 2.75) is 13.5 Å². The third kappa shape index (κ3) is 5.60. The highest BCUT2D eigenvalue weighted by atomic mass is 32.1. The van der Waals surface area contributed by atoms with Crippen molar-refractivity contribution >= 4 is 40.9 Å². The summed E-state index contributed by atoms with van der Waals surface area (Å²) in [6.45, 7) is 6.02. The molecular formula is C23H21N3O6S. The van der Waals surface area contributed by atoms with Gasteiger partial charge in [0.05, 0.1) is 11.5 Å². The molecule has 1 heterocycles. The summed E-state index contributed by atoms with van der Waals surface area (Å²) in [5.41, 5.74) is 1.08. The number of rotatable bonds is 9. The lowest BCUT2D eigenvalue weighted by molar-refractivity contribution is -0.384. The summed E-state index contributed by atoms with van der Waals surface area (Å²) in [6.07, 6.45) is 2.96. The zero-order chi connectivity index (χ0) is 24.0. The molecule has 1 N–H and O–H groups in total. The Balaban J connectivity index is 1.84. The molecule has 1 fully saturated rings. The SMILES string of the molecule is C=CCN1C(=O)/C(=C/c2ccc(OCc3cccc([N+](=O)[O-])c3)c(OCC)c2)C(=O)NC1=S. The van der Waals surface area contributed by atoms with E-state index in [-0.39, 0.29) is 29.5 Å². The number of hydrogen-bond donors (Lipinski definition) is 1. The molecule has 33 heavy (non-hydrogen) atoms. The number of benzene rings is 2. The van der Waals surface area contributed by atoms with Crippen molar-refractivity contribution in [1.29, 1.82) is 0 Å². The number of hydrogen-bond acceptors (Lipinski definition) is 7. The van der Waals surface area contributed by atoms with Gasteiger partial charge in [0.1, 0.15) is 12.2 Å². The molecule has 0 aliphatic carbocycles. The Bertz CT molecular complexity index is 1160. The number of thiocarbonyl (C=S) groups is 1. The van der Waals surface area contributed by atoms with E-state index in [1.807, 2.05) is 6.92 Å². The predicted molar refractivity (Wildman–Crippen MR) is 126 cm³/mol. The minimum Gasteiger partial charge on any atom is -0.490 e. The van der Waals surface area contributed by atoms with Gasteiger partial charge in [-0.05, 0) is 48.5 Å². The Morgan fingerprint density at radius 3 is 2.67 bits per heavy atom. The molecule has 0 unspecified atom stereocenters. The zero-order valence-electron chi connectivity index (χ0n) is 17.8. The van der Waals surface area contributed by atoms with Crippen LogP contribution in [0.1, 0.15) is 18.1 Å². The molecule has 0 radical (unpaired) electrons. The van der Waals surface area contributed by atoms with E-state index >= 15 is 0 Å². The lowest BCUT2D eigenvalue weighted by Crippen LogP contribution is -2.53. The number of carbonyl (C=O) groups excluding carboxylic acids is 2. The standard InChI is InChI=1S/C23H21N3O6S/c1-3-10-25-22(28)18(21(27)24-23(25)33)12-15-8-9-19(20(13-15)31-4-2)32-14-16-6-5-7-17(11-16)26(29)30/h3,5-9,11-13H,1,4,10,14H2,2H3,(H,24,27,33)/b18-12+. The normalized spacial score (nSPS) is 14.8. The zero-order valence-corrected chi connectivity index (χ0v) is 18.6. The van der Waals surface area contributed by atoms with Gasteiger partial charge in [-0.3, -0.25) is 29.9 Å². The van der Waals surface area contributed by atoms with Gasteiger partial charge in [-0.1, -0.05) is 24.3 Å². The molecule has 0 atom stereocenters. The molecule has 2 aromatic rings. The second-order valence-electron chi connectivity index (χ2n) is 6.88. The van der Waals surface area contributed by atoms with Crippen LogP contribution in [0, 0.1) is 10.1 Å². The number of nitro groups is 1. The molecule has 1 aliphatic rings. The van der Waals surface area contributed by atoms with E-state index in [9.17, 15) is 19.7 Å². The first-order chi connectivity index (χ1) is 15.8. The summed E-state index contributed by atoms with van der Waals surface area (Å²) < 4.78 is 11.5. The molecule has 0 saturated carbocycles. The Morgan fingerprint density at radius 1 is 1.18 bits per heavy atom. The minimum absolute atomic E-state index is 0.0245. The van der Waals surface area contributed by atoms with Crippen molar-refractivity contribution in [1.82, 2.24) is 10.2 Å². The number of carbonyl (C=O) groups is 2. The monoisotopic (exact) mass is 467 g/mol. The summed E-state index contributed by atoms with van der Waals surface area (Å²) in [5, 5.41) is 13.5. The smallest absolute Gasteiger partial charge is 0.269 e. The van der Waals surface area contributed by atoms with Crippen molar-refractivity contribution in [2.24, 2.45) is 0 Å². The Labute approximate surface area is 195 Å². The first-order valence-corrected chi connectivity index (χ1v) is 10.4. The molecule has 0 aromatic heterocycles. The molecular weight excluding hydrogens is 446 g/mol. The van der Waals surface area contributed by atoms with Gasteiger partial charge >= 0.3 is 0 Å².